The Hall–Kier alpha value is -0.870. The van der Waals surface area contributed by atoms with Gasteiger partial charge in [-0.2, -0.15) is 0 Å². The summed E-state index contributed by atoms with van der Waals surface area (Å²) in [6, 6.07) is 0. The van der Waals surface area contributed by atoms with Crippen molar-refractivity contribution in [2.75, 3.05) is 196 Å². The second-order valence-electron chi connectivity index (χ2n) is 19.5. The fraction of sp³-hybridized carbons (Fsp3) is 0.600. The maximum absolute atomic E-state index is 10.4. The quantitative estimate of drug-likeness (QED) is 0.0510. The fourth-order valence-electron chi connectivity index (χ4n) is 7.21. The molecule has 0 atom stereocenters. The van der Waals surface area contributed by atoms with E-state index in [0.29, 0.717) is 0 Å². The van der Waals surface area contributed by atoms with Crippen LogP contribution in [-0.4, -0.2) is 365 Å². The zero-order chi connectivity index (χ0) is 78.5. The predicted octanol–water partition coefficient (Wildman–Crippen LogP) is -61.0. The van der Waals surface area contributed by atoms with Crippen LogP contribution in [0.1, 0.15) is 0 Å². The molecule has 0 aliphatic heterocycles. The van der Waals surface area contributed by atoms with Crippen molar-refractivity contribution >= 4 is 119 Å². The zero-order valence-electron chi connectivity index (χ0n) is 61.6. The van der Waals surface area contributed by atoms with Gasteiger partial charge in [0.2, 0.25) is 0 Å². The first-order valence-electron chi connectivity index (χ1n) is 27.2. The van der Waals surface area contributed by atoms with Crippen molar-refractivity contribution in [3.8, 4) is 0 Å². The maximum atomic E-state index is 10.4. The van der Waals surface area contributed by atoms with Crippen molar-refractivity contribution in [2.45, 2.75) is 0 Å². The third-order valence-electron chi connectivity index (χ3n) is 10.7. The van der Waals surface area contributed by atoms with Crippen molar-refractivity contribution in [3.05, 3.63) is 0 Å². The molecule has 4 radical (unpaired) electrons. The molecule has 62 heteroatoms. The zero-order valence-corrected chi connectivity index (χ0v) is 82.7. The van der Waals surface area contributed by atoms with Crippen molar-refractivity contribution in [3.63, 3.8) is 0 Å². The number of carbonyl (C=O) groups excluding carboxylic acids is 20. The molecule has 0 rings (SSSR count). The molecule has 0 unspecified atom stereocenters. The van der Waals surface area contributed by atoms with Gasteiger partial charge in [-0.3, -0.25) is 49.0 Å². The van der Waals surface area contributed by atoms with Crippen LogP contribution in [-0.2, 0) is 165 Å². The molecule has 0 N–H and O–H groups in total. The third-order valence-corrected chi connectivity index (χ3v) is 10.7. The van der Waals surface area contributed by atoms with Crippen molar-refractivity contribution < 1.29 is 504 Å². The topological polar surface area (TPSA) is 835 Å². The average Bonchev–Trinajstić information content (AvgIpc) is 0.957. The molecule has 0 saturated carbocycles. The smallest absolute Gasteiger partial charge is 0.549 e. The second-order valence-corrected chi connectivity index (χ2v) is 19.5. The Morgan fingerprint density at radius 1 is 0.116 bits per heavy atom. The van der Waals surface area contributed by atoms with Gasteiger partial charge >= 0.3 is 306 Å². The number of nitrogens with zero attached hydrogens (tertiary/aromatic N) is 10. The van der Waals surface area contributed by atoms with E-state index in [2.05, 4.69) is 0 Å². The van der Waals surface area contributed by atoms with Crippen LogP contribution in [0.15, 0.2) is 0 Å². The largest absolute Gasteiger partial charge is 3.00 e. The van der Waals surface area contributed by atoms with Crippen LogP contribution in [0.3, 0.4) is 0 Å². The van der Waals surface area contributed by atoms with E-state index in [1.165, 1.54) is 0 Å². The normalized spacial score (nSPS) is 9.55. The Bertz CT molecular complexity index is 2060. The van der Waals surface area contributed by atoms with Crippen molar-refractivity contribution in [2.24, 2.45) is 0 Å². The molecule has 0 aliphatic rings. The van der Waals surface area contributed by atoms with Gasteiger partial charge in [-0.05, 0) is 0 Å². The van der Waals surface area contributed by atoms with Crippen LogP contribution in [0.4, 0.5) is 0 Å². The first-order valence-corrected chi connectivity index (χ1v) is 27.2. The Morgan fingerprint density at radius 3 is 0.179 bits per heavy atom. The summed E-state index contributed by atoms with van der Waals surface area (Å²) in [7, 11) is 0. The maximum Gasteiger partial charge on any atom is 3.00 e. The molecule has 112 heavy (non-hydrogen) atoms. The van der Waals surface area contributed by atoms with E-state index in [4.69, 9.17) is 0 Å². The molecule has 0 heterocycles. The molecule has 0 aromatic carbocycles. The average molecular weight is 1830 g/mol. The number of hydrogen-bond donors (Lipinski definition) is 0. The van der Waals surface area contributed by atoms with Crippen molar-refractivity contribution in [1.29, 1.82) is 0 Å². The summed E-state index contributed by atoms with van der Waals surface area (Å²) in [6.07, 6.45) is 0. The minimum absolute atomic E-state index is 0. The predicted molar refractivity (Wildman–Crippen MR) is 265 cm³/mol. The van der Waals surface area contributed by atoms with Gasteiger partial charge in [0.15, 0.2) is 0 Å². The molecule has 0 aliphatic carbocycles. The Kier molecular flexibility index (Phi) is 126. The number of rotatable bonds is 55. The number of carbonyl (C=O) groups is 20. The van der Waals surface area contributed by atoms with Gasteiger partial charge in [-0.25, -0.2) is 0 Å². The van der Waals surface area contributed by atoms with E-state index < -0.39 is 250 Å². The minimum atomic E-state index is -1.53. The van der Waals surface area contributed by atoms with Gasteiger partial charge in [0.1, 0.15) is 0 Å². The van der Waals surface area contributed by atoms with Crippen molar-refractivity contribution in [1.82, 2.24) is 49.0 Å². The first-order chi connectivity index (χ1) is 46.0. The molecule has 50 nitrogen and oxygen atoms in total. The number of carboxylic acid groups (broad SMARTS) is 20. The molecular weight excluding hydrogens is 1770 g/mol. The van der Waals surface area contributed by atoms with Gasteiger partial charge in [-0.15, -0.1) is 0 Å². The van der Waals surface area contributed by atoms with Gasteiger partial charge in [-0.1, -0.05) is 0 Å². The van der Waals surface area contributed by atoms with Crippen LogP contribution in [0.2, 0.25) is 0 Å². The number of aliphatic carboxylic acids is 20. The Morgan fingerprint density at radius 2 is 0.152 bits per heavy atom. The van der Waals surface area contributed by atoms with E-state index in [-0.39, 0.29) is 371 Å². The van der Waals surface area contributed by atoms with E-state index >= 15 is 0 Å². The Labute approximate surface area is 856 Å². The summed E-state index contributed by atoms with van der Waals surface area (Å²) < 4.78 is 0. The molecule has 0 spiro atoms. The summed E-state index contributed by atoms with van der Waals surface area (Å²) in [4.78, 5) is 217. The van der Waals surface area contributed by atoms with E-state index in [1.54, 1.807) is 0 Å². The van der Waals surface area contributed by atoms with Crippen LogP contribution in [0.5, 0.6) is 0 Å². The number of hydrogen-bond acceptors (Lipinski definition) is 50. The minimum Gasteiger partial charge on any atom is -0.549 e. The summed E-state index contributed by atoms with van der Waals surface area (Å²) in [5.74, 6) is -30.6. The van der Waals surface area contributed by atoms with E-state index in [9.17, 15) is 198 Å². The second kappa shape index (κ2) is 92.4. The molecule has 0 amide bonds. The molecule has 0 aromatic rings. The summed E-state index contributed by atoms with van der Waals surface area (Å²) in [6.45, 7) is -16.3. The van der Waals surface area contributed by atoms with Gasteiger partial charge < -0.3 is 198 Å². The Balaban J connectivity index is -0.0000000654. The van der Waals surface area contributed by atoms with E-state index in [0.717, 1.165) is 49.0 Å². The summed E-state index contributed by atoms with van der Waals surface area (Å²) >= 11 is 0. The standard InChI is InChI=1S/5C10H16N2O8.4Cr.8Na/c5*13-7(14)3-11(4-8(15)16)1-2-12(5-9(17)18)6-10(19)20;;;;;;;;;;;;/h5*1-6H2,(H,13,14)(H,15,16)(H,17,18)(H,19,20);;;;;;;;;;;;/q;;;;;4*+3;8*+1/p-20. The van der Waals surface area contributed by atoms with Crippen LogP contribution in [0.25, 0.3) is 0 Å². The molecule has 0 saturated heterocycles. The monoisotopic (exact) mass is 1830 g/mol. The summed E-state index contributed by atoms with van der Waals surface area (Å²) in [5, 5.41) is 208. The molecule has 0 aromatic heterocycles. The van der Waals surface area contributed by atoms with E-state index in [1.807, 2.05) is 0 Å². The summed E-state index contributed by atoms with van der Waals surface area (Å²) in [5.41, 5.74) is 0. The fourth-order valence-corrected chi connectivity index (χ4v) is 7.21. The molecule has 0 fully saturated rings. The molecule has 582 valence electrons. The van der Waals surface area contributed by atoms with Gasteiger partial charge in [0.25, 0.3) is 0 Å². The molecular formula is C50H60Cr4N10Na8O40. The van der Waals surface area contributed by atoms with Crippen LogP contribution >= 0.6 is 0 Å². The molecule has 0 bridgehead atoms. The number of carboxylic acids is 20. The van der Waals surface area contributed by atoms with Gasteiger partial charge in [0.05, 0.1) is 119 Å². The van der Waals surface area contributed by atoms with Gasteiger partial charge in [0, 0.05) is 196 Å². The SMILES string of the molecule is O=C([O-])CN(CCN(CC(=O)[O-])CC(=O)[O-])CC(=O)[O-].O=C([O-])CN(CCN(CC(=O)[O-])CC(=O)[O-])CC(=O)[O-].O=C([O-])CN(CCN(CC(=O)[O-])CC(=O)[O-])CC(=O)[O-].O=C([O-])CN(CCN(CC(=O)[O-])CC(=O)[O-])CC(=O)[O-].O=C([O-])CN(CCN(CC(=O)[O-])CC(=O)[O-])CC(=O)[O-].[Cr+3].[Cr+3].[Cr+3].[Cr+3].[Na+].[Na+].[Na+].[Na+].[Na+].[Na+].[Na+].[Na+]. The van der Waals surface area contributed by atoms with Crippen LogP contribution in [0, 0.1) is 0 Å². The first kappa shape index (κ1) is 152. The van der Waals surface area contributed by atoms with Crippen LogP contribution < -0.4 is 339 Å². The third kappa shape index (κ3) is 118.